The van der Waals surface area contributed by atoms with Crippen LogP contribution in [0, 0.1) is 0 Å². The van der Waals surface area contributed by atoms with Crippen molar-refractivity contribution < 1.29 is 28.5 Å². The SMILES string of the molecule is COC(=O)[C@H](c1ccc(OC)cc1)[C@H](C(=O)OC)c1ccc(OC)cc1. The van der Waals surface area contributed by atoms with Gasteiger partial charge in [-0.3, -0.25) is 9.59 Å². The molecule has 0 aliphatic rings. The molecule has 0 spiro atoms. The average Bonchev–Trinajstić information content (AvgIpc) is 2.71. The predicted octanol–water partition coefficient (Wildman–Crippen LogP) is 2.92. The van der Waals surface area contributed by atoms with Crippen molar-refractivity contribution in [1.82, 2.24) is 0 Å². The Kier molecular flexibility index (Phi) is 6.60. The summed E-state index contributed by atoms with van der Waals surface area (Å²) in [6.07, 6.45) is 0. The first kappa shape index (κ1) is 19.3. The monoisotopic (exact) mass is 358 g/mol. The van der Waals surface area contributed by atoms with E-state index >= 15 is 0 Å². The summed E-state index contributed by atoms with van der Waals surface area (Å²) in [5.74, 6) is -1.46. The van der Waals surface area contributed by atoms with Crippen LogP contribution in [0.1, 0.15) is 23.0 Å². The Balaban J connectivity index is 2.53. The molecule has 0 aliphatic heterocycles. The summed E-state index contributed by atoms with van der Waals surface area (Å²) in [5, 5.41) is 0. The largest absolute Gasteiger partial charge is 0.497 e. The minimum Gasteiger partial charge on any atom is -0.497 e. The smallest absolute Gasteiger partial charge is 0.314 e. The van der Waals surface area contributed by atoms with Crippen LogP contribution in [0.2, 0.25) is 0 Å². The highest BCUT2D eigenvalue weighted by Crippen LogP contribution is 2.36. The zero-order valence-corrected chi connectivity index (χ0v) is 15.2. The maximum Gasteiger partial charge on any atom is 0.314 e. The topological polar surface area (TPSA) is 71.1 Å². The number of carbonyl (C=O) groups is 2. The number of methoxy groups -OCH3 is 4. The molecular formula is C20H22O6. The lowest BCUT2D eigenvalue weighted by molar-refractivity contribution is -0.150. The van der Waals surface area contributed by atoms with Crippen molar-refractivity contribution in [3.05, 3.63) is 59.7 Å². The van der Waals surface area contributed by atoms with E-state index in [1.54, 1.807) is 62.8 Å². The van der Waals surface area contributed by atoms with Crippen LogP contribution in [0.25, 0.3) is 0 Å². The fourth-order valence-electron chi connectivity index (χ4n) is 2.81. The van der Waals surface area contributed by atoms with Gasteiger partial charge in [-0.05, 0) is 35.4 Å². The summed E-state index contributed by atoms with van der Waals surface area (Å²) in [7, 11) is 5.70. The van der Waals surface area contributed by atoms with E-state index < -0.39 is 23.8 Å². The van der Waals surface area contributed by atoms with E-state index in [-0.39, 0.29) is 0 Å². The number of carbonyl (C=O) groups excluding carboxylic acids is 2. The molecule has 0 radical (unpaired) electrons. The third-order valence-corrected chi connectivity index (χ3v) is 4.19. The van der Waals surface area contributed by atoms with Crippen LogP contribution >= 0.6 is 0 Å². The summed E-state index contributed by atoms with van der Waals surface area (Å²) in [4.78, 5) is 25.1. The number of ether oxygens (including phenoxy) is 4. The molecule has 6 heteroatoms. The molecule has 0 fully saturated rings. The maximum atomic E-state index is 12.5. The van der Waals surface area contributed by atoms with Crippen molar-refractivity contribution in [1.29, 1.82) is 0 Å². The second-order valence-electron chi connectivity index (χ2n) is 5.55. The molecule has 6 nitrogen and oxygen atoms in total. The van der Waals surface area contributed by atoms with Gasteiger partial charge in [0.25, 0.3) is 0 Å². The van der Waals surface area contributed by atoms with E-state index in [2.05, 4.69) is 0 Å². The first-order chi connectivity index (χ1) is 12.5. The second-order valence-corrected chi connectivity index (χ2v) is 5.55. The standard InChI is InChI=1S/C20H22O6/c1-23-15-9-5-13(6-10-15)17(19(21)25-3)18(20(22)26-4)14-7-11-16(24-2)12-8-14/h5-12,17-18H,1-4H3/t17-,18-/m1/s1. The fraction of sp³-hybridized carbons (Fsp3) is 0.300. The third-order valence-electron chi connectivity index (χ3n) is 4.19. The van der Waals surface area contributed by atoms with Gasteiger partial charge in [0.05, 0.1) is 40.3 Å². The lowest BCUT2D eigenvalue weighted by Crippen LogP contribution is -2.28. The van der Waals surface area contributed by atoms with Gasteiger partial charge in [-0.1, -0.05) is 24.3 Å². The Labute approximate surface area is 152 Å². The van der Waals surface area contributed by atoms with Crippen molar-refractivity contribution in [2.45, 2.75) is 11.8 Å². The van der Waals surface area contributed by atoms with Crippen LogP contribution < -0.4 is 9.47 Å². The van der Waals surface area contributed by atoms with Crippen molar-refractivity contribution in [2.24, 2.45) is 0 Å². The number of hydrogen-bond donors (Lipinski definition) is 0. The molecule has 26 heavy (non-hydrogen) atoms. The number of rotatable bonds is 7. The molecule has 0 saturated heterocycles. The highest BCUT2D eigenvalue weighted by molar-refractivity contribution is 5.90. The van der Waals surface area contributed by atoms with Gasteiger partial charge in [0.1, 0.15) is 11.5 Å². The Morgan fingerprint density at radius 2 is 0.923 bits per heavy atom. The summed E-state index contributed by atoms with van der Waals surface area (Å²) >= 11 is 0. The summed E-state index contributed by atoms with van der Waals surface area (Å²) in [6, 6.07) is 13.9. The fourth-order valence-corrected chi connectivity index (χ4v) is 2.81. The Hall–Kier alpha value is -3.02. The normalized spacial score (nSPS) is 12.6. The molecule has 0 aromatic heterocycles. The van der Waals surface area contributed by atoms with Crippen LogP contribution in [0.4, 0.5) is 0 Å². The zero-order chi connectivity index (χ0) is 19.1. The minimum absolute atomic E-state index is 0.526. The molecule has 0 amide bonds. The molecule has 0 aliphatic carbocycles. The first-order valence-electron chi connectivity index (χ1n) is 7.99. The van der Waals surface area contributed by atoms with Gasteiger partial charge in [0.2, 0.25) is 0 Å². The van der Waals surface area contributed by atoms with Crippen molar-refractivity contribution in [3.8, 4) is 11.5 Å². The molecular weight excluding hydrogens is 336 g/mol. The van der Waals surface area contributed by atoms with E-state index in [1.807, 2.05) is 0 Å². The van der Waals surface area contributed by atoms with Crippen LogP contribution in [-0.2, 0) is 19.1 Å². The van der Waals surface area contributed by atoms with Gasteiger partial charge in [0, 0.05) is 0 Å². The predicted molar refractivity (Wildman–Crippen MR) is 95.5 cm³/mol. The molecule has 0 unspecified atom stereocenters. The van der Waals surface area contributed by atoms with Crippen molar-refractivity contribution in [2.75, 3.05) is 28.4 Å². The molecule has 2 rings (SSSR count). The Morgan fingerprint density at radius 3 is 1.15 bits per heavy atom. The van der Waals surface area contributed by atoms with Gasteiger partial charge >= 0.3 is 11.9 Å². The first-order valence-corrected chi connectivity index (χ1v) is 7.99. The van der Waals surface area contributed by atoms with Crippen LogP contribution in [-0.4, -0.2) is 40.4 Å². The molecule has 2 aromatic carbocycles. The van der Waals surface area contributed by atoms with Gasteiger partial charge < -0.3 is 18.9 Å². The van der Waals surface area contributed by atoms with Gasteiger partial charge in [-0.15, -0.1) is 0 Å². The third kappa shape index (κ3) is 4.14. The Morgan fingerprint density at radius 1 is 0.615 bits per heavy atom. The molecule has 138 valence electrons. The zero-order valence-electron chi connectivity index (χ0n) is 15.2. The van der Waals surface area contributed by atoms with E-state index in [4.69, 9.17) is 18.9 Å². The molecule has 0 saturated carbocycles. The quantitative estimate of drug-likeness (QED) is 0.709. The van der Waals surface area contributed by atoms with Crippen LogP contribution in [0.5, 0.6) is 11.5 Å². The van der Waals surface area contributed by atoms with Gasteiger partial charge in [0.15, 0.2) is 0 Å². The molecule has 0 N–H and O–H groups in total. The summed E-state index contributed by atoms with van der Waals surface area (Å²) in [6.45, 7) is 0. The van der Waals surface area contributed by atoms with E-state index in [0.29, 0.717) is 22.6 Å². The molecule has 0 heterocycles. The minimum atomic E-state index is -0.855. The van der Waals surface area contributed by atoms with Gasteiger partial charge in [-0.2, -0.15) is 0 Å². The lowest BCUT2D eigenvalue weighted by atomic mass is 9.81. The highest BCUT2D eigenvalue weighted by atomic mass is 16.5. The van der Waals surface area contributed by atoms with Crippen molar-refractivity contribution >= 4 is 11.9 Å². The van der Waals surface area contributed by atoms with Crippen LogP contribution in [0.15, 0.2) is 48.5 Å². The van der Waals surface area contributed by atoms with E-state index in [1.165, 1.54) is 14.2 Å². The average molecular weight is 358 g/mol. The number of hydrogen-bond acceptors (Lipinski definition) is 6. The number of benzene rings is 2. The van der Waals surface area contributed by atoms with Gasteiger partial charge in [-0.25, -0.2) is 0 Å². The maximum absolute atomic E-state index is 12.5. The molecule has 0 bridgehead atoms. The van der Waals surface area contributed by atoms with E-state index in [9.17, 15) is 9.59 Å². The summed E-state index contributed by atoms with van der Waals surface area (Å²) < 4.78 is 20.2. The molecule has 2 atom stereocenters. The molecule has 2 aromatic rings. The highest BCUT2D eigenvalue weighted by Gasteiger charge is 2.38. The second kappa shape index (κ2) is 8.89. The summed E-state index contributed by atoms with van der Waals surface area (Å²) in [5.41, 5.74) is 1.26. The van der Waals surface area contributed by atoms with Crippen LogP contribution in [0.3, 0.4) is 0 Å². The lowest BCUT2D eigenvalue weighted by Gasteiger charge is -2.24. The van der Waals surface area contributed by atoms with E-state index in [0.717, 1.165) is 0 Å². The Bertz CT molecular complexity index is 670. The van der Waals surface area contributed by atoms with Crippen molar-refractivity contribution in [3.63, 3.8) is 0 Å². The number of esters is 2.